The summed E-state index contributed by atoms with van der Waals surface area (Å²) >= 11 is 3.01. The molecule has 0 aliphatic heterocycles. The number of aromatic nitrogens is 1. The largest absolute Gasteiger partial charge is 0.466 e. The quantitative estimate of drug-likeness (QED) is 0.329. The fourth-order valence-corrected chi connectivity index (χ4v) is 1.92. The monoisotopic (exact) mass is 346 g/mol. The Morgan fingerprint density at radius 3 is 2.70 bits per heavy atom. The van der Waals surface area contributed by atoms with Crippen LogP contribution in [0.4, 0.5) is 5.69 Å². The number of hydrogen-bond acceptors (Lipinski definition) is 6. The standard InChI is InChI=1S/C11H11BrN2O6/c1-2-20-10(16)4-8(15)6-13-5-7(12)3-9(11(13)17)14(18)19/h3,5H,2,4,6H2,1H3. The van der Waals surface area contributed by atoms with E-state index in [1.807, 2.05) is 0 Å². The van der Waals surface area contributed by atoms with E-state index in [0.717, 1.165) is 10.6 Å². The summed E-state index contributed by atoms with van der Waals surface area (Å²) in [7, 11) is 0. The van der Waals surface area contributed by atoms with Crippen molar-refractivity contribution in [2.45, 2.75) is 19.9 Å². The summed E-state index contributed by atoms with van der Waals surface area (Å²) in [4.78, 5) is 44.3. The highest BCUT2D eigenvalue weighted by molar-refractivity contribution is 9.10. The number of Topliss-reactive ketones (excluding diaryl/α,β-unsaturated/α-hetero) is 1. The van der Waals surface area contributed by atoms with E-state index in [0.29, 0.717) is 0 Å². The Balaban J connectivity index is 2.93. The number of carbonyl (C=O) groups excluding carboxylic acids is 2. The summed E-state index contributed by atoms with van der Waals surface area (Å²) in [6.45, 7) is 1.32. The molecule has 0 saturated heterocycles. The minimum absolute atomic E-state index is 0.147. The molecule has 0 saturated carbocycles. The van der Waals surface area contributed by atoms with E-state index in [1.54, 1.807) is 6.92 Å². The molecule has 20 heavy (non-hydrogen) atoms. The first-order valence-corrected chi connectivity index (χ1v) is 6.36. The van der Waals surface area contributed by atoms with E-state index in [-0.39, 0.29) is 11.1 Å². The van der Waals surface area contributed by atoms with Crippen molar-refractivity contribution in [1.29, 1.82) is 0 Å². The molecule has 108 valence electrons. The molecule has 1 aromatic heterocycles. The van der Waals surface area contributed by atoms with Crippen molar-refractivity contribution in [2.24, 2.45) is 0 Å². The number of rotatable bonds is 6. The first-order valence-electron chi connectivity index (χ1n) is 5.56. The molecular formula is C11H11BrN2O6. The van der Waals surface area contributed by atoms with Crippen LogP contribution in [0.25, 0.3) is 0 Å². The number of pyridine rings is 1. The van der Waals surface area contributed by atoms with Crippen LogP contribution < -0.4 is 5.56 Å². The predicted octanol–water partition coefficient (Wildman–Crippen LogP) is 1.04. The van der Waals surface area contributed by atoms with Gasteiger partial charge in [-0.1, -0.05) is 0 Å². The van der Waals surface area contributed by atoms with E-state index in [2.05, 4.69) is 20.7 Å². The smallest absolute Gasteiger partial charge is 0.335 e. The molecule has 0 radical (unpaired) electrons. The number of carbonyl (C=O) groups is 2. The third kappa shape index (κ3) is 4.26. The number of ether oxygens (including phenoxy) is 1. The molecule has 0 amide bonds. The third-order valence-corrected chi connectivity index (χ3v) is 2.66. The van der Waals surface area contributed by atoms with E-state index in [4.69, 9.17) is 0 Å². The number of hydrogen-bond donors (Lipinski definition) is 0. The minimum Gasteiger partial charge on any atom is -0.466 e. The predicted molar refractivity (Wildman–Crippen MR) is 71.3 cm³/mol. The van der Waals surface area contributed by atoms with Gasteiger partial charge in [0.15, 0.2) is 5.78 Å². The van der Waals surface area contributed by atoms with Gasteiger partial charge in [-0.3, -0.25) is 24.5 Å². The summed E-state index contributed by atoms with van der Waals surface area (Å²) in [6.07, 6.45) is 0.763. The lowest BCUT2D eigenvalue weighted by molar-refractivity contribution is -0.386. The maximum atomic E-state index is 11.7. The van der Waals surface area contributed by atoms with Crippen LogP contribution in [0.1, 0.15) is 13.3 Å². The molecule has 0 bridgehead atoms. The van der Waals surface area contributed by atoms with E-state index in [9.17, 15) is 24.5 Å². The molecule has 0 atom stereocenters. The molecule has 0 spiro atoms. The van der Waals surface area contributed by atoms with Crippen LogP contribution in [-0.4, -0.2) is 27.8 Å². The highest BCUT2D eigenvalue weighted by Crippen LogP contribution is 2.13. The molecule has 1 rings (SSSR count). The normalized spacial score (nSPS) is 10.1. The second-order valence-electron chi connectivity index (χ2n) is 3.75. The molecule has 0 aromatic carbocycles. The van der Waals surface area contributed by atoms with Crippen LogP contribution in [0.2, 0.25) is 0 Å². The Bertz CT molecular complexity index is 609. The summed E-state index contributed by atoms with van der Waals surface area (Å²) in [5.41, 5.74) is -1.56. The second-order valence-corrected chi connectivity index (χ2v) is 4.67. The van der Waals surface area contributed by atoms with Crippen molar-refractivity contribution >= 4 is 33.4 Å². The van der Waals surface area contributed by atoms with Gasteiger partial charge in [-0.2, -0.15) is 0 Å². The molecule has 1 aromatic rings. The number of ketones is 1. The van der Waals surface area contributed by atoms with Crippen LogP contribution in [0.5, 0.6) is 0 Å². The average molecular weight is 347 g/mol. The molecule has 0 unspecified atom stereocenters. The lowest BCUT2D eigenvalue weighted by Crippen LogP contribution is -2.26. The van der Waals surface area contributed by atoms with Crippen molar-refractivity contribution in [2.75, 3.05) is 6.61 Å². The van der Waals surface area contributed by atoms with Gasteiger partial charge in [0.05, 0.1) is 18.1 Å². The zero-order chi connectivity index (χ0) is 15.3. The topological polar surface area (TPSA) is 109 Å². The Labute approximate surface area is 121 Å². The first-order chi connectivity index (χ1) is 9.35. The molecule has 9 heteroatoms. The molecule has 0 N–H and O–H groups in total. The molecule has 0 aliphatic carbocycles. The number of esters is 1. The van der Waals surface area contributed by atoms with Gasteiger partial charge in [-0.05, 0) is 22.9 Å². The Kier molecular flexibility index (Phi) is 5.56. The number of halogens is 1. The minimum atomic E-state index is -0.907. The van der Waals surface area contributed by atoms with Crippen molar-refractivity contribution in [1.82, 2.24) is 4.57 Å². The Morgan fingerprint density at radius 1 is 1.50 bits per heavy atom. The molecule has 1 heterocycles. The average Bonchev–Trinajstić information content (AvgIpc) is 2.33. The summed E-state index contributed by atoms with van der Waals surface area (Å²) in [6, 6.07) is 1.05. The molecule has 0 aliphatic rings. The number of nitro groups is 1. The first kappa shape index (κ1) is 16.0. The van der Waals surface area contributed by atoms with Crippen LogP contribution in [0, 0.1) is 10.1 Å². The fourth-order valence-electron chi connectivity index (χ4n) is 1.45. The van der Waals surface area contributed by atoms with E-state index < -0.39 is 40.9 Å². The number of nitrogens with zero attached hydrogens (tertiary/aromatic N) is 2. The van der Waals surface area contributed by atoms with Gasteiger partial charge in [0, 0.05) is 16.7 Å². The Morgan fingerprint density at radius 2 is 2.15 bits per heavy atom. The van der Waals surface area contributed by atoms with Crippen molar-refractivity contribution in [3.8, 4) is 0 Å². The van der Waals surface area contributed by atoms with Gasteiger partial charge in [0.25, 0.3) is 0 Å². The van der Waals surface area contributed by atoms with Gasteiger partial charge in [-0.15, -0.1) is 0 Å². The van der Waals surface area contributed by atoms with Crippen molar-refractivity contribution < 1.29 is 19.2 Å². The lowest BCUT2D eigenvalue weighted by Gasteiger charge is -2.05. The van der Waals surface area contributed by atoms with Gasteiger partial charge < -0.3 is 9.30 Å². The van der Waals surface area contributed by atoms with Crippen LogP contribution in [-0.2, 0) is 20.9 Å². The van der Waals surface area contributed by atoms with Gasteiger partial charge in [0.2, 0.25) is 0 Å². The molecular weight excluding hydrogens is 336 g/mol. The zero-order valence-electron chi connectivity index (χ0n) is 10.5. The third-order valence-electron chi connectivity index (χ3n) is 2.22. The SMILES string of the molecule is CCOC(=O)CC(=O)Cn1cc(Br)cc([N+](=O)[O-])c1=O. The highest BCUT2D eigenvalue weighted by Gasteiger charge is 2.18. The maximum Gasteiger partial charge on any atom is 0.335 e. The summed E-state index contributed by atoms with van der Waals surface area (Å²) in [5.74, 6) is -1.27. The second kappa shape index (κ2) is 6.94. The summed E-state index contributed by atoms with van der Waals surface area (Å²) < 4.78 is 5.77. The van der Waals surface area contributed by atoms with Gasteiger partial charge in [0.1, 0.15) is 6.42 Å². The van der Waals surface area contributed by atoms with Gasteiger partial charge in [-0.25, -0.2) is 0 Å². The van der Waals surface area contributed by atoms with E-state index in [1.165, 1.54) is 6.20 Å². The molecule has 0 fully saturated rings. The van der Waals surface area contributed by atoms with Crippen molar-refractivity contribution in [3.63, 3.8) is 0 Å². The Hall–Kier alpha value is -2.03. The maximum absolute atomic E-state index is 11.7. The van der Waals surface area contributed by atoms with Crippen molar-refractivity contribution in [3.05, 3.63) is 37.2 Å². The van der Waals surface area contributed by atoms with Gasteiger partial charge >= 0.3 is 17.2 Å². The zero-order valence-corrected chi connectivity index (χ0v) is 12.1. The summed E-state index contributed by atoms with van der Waals surface area (Å²) in [5, 5.41) is 10.7. The van der Waals surface area contributed by atoms with Crippen LogP contribution >= 0.6 is 15.9 Å². The fraction of sp³-hybridized carbons (Fsp3) is 0.364. The molecule has 8 nitrogen and oxygen atoms in total. The van der Waals surface area contributed by atoms with E-state index >= 15 is 0 Å². The lowest BCUT2D eigenvalue weighted by atomic mass is 10.2. The van der Waals surface area contributed by atoms with Crippen LogP contribution in [0.3, 0.4) is 0 Å². The van der Waals surface area contributed by atoms with Crippen LogP contribution in [0.15, 0.2) is 21.5 Å². The highest BCUT2D eigenvalue weighted by atomic mass is 79.9.